The number of halogens is 1. The summed E-state index contributed by atoms with van der Waals surface area (Å²) in [6.45, 7) is 0. The van der Waals surface area contributed by atoms with E-state index >= 15 is 0 Å². The fraction of sp³-hybridized carbons (Fsp3) is 0. The van der Waals surface area contributed by atoms with E-state index in [0.29, 0.717) is 14.5 Å². The van der Waals surface area contributed by atoms with Crippen LogP contribution in [0.5, 0.6) is 0 Å². The molecule has 0 aromatic carbocycles. The predicted octanol–water partition coefficient (Wildman–Crippen LogP) is 1.23. The number of hydrogen-bond donors (Lipinski definition) is 0. The molecule has 7 heavy (non-hydrogen) atoms. The van der Waals surface area contributed by atoms with Gasteiger partial charge in [-0.2, -0.15) is 0 Å². The molecule has 0 spiro atoms. The van der Waals surface area contributed by atoms with E-state index in [2.05, 4.69) is 9.88 Å². The Bertz CT molecular complexity index is 68.2. The van der Waals surface area contributed by atoms with Gasteiger partial charge >= 0.3 is 63.5 Å². The molecule has 1 aromatic rings. The van der Waals surface area contributed by atoms with Crippen LogP contribution in [0.15, 0.2) is 17.1 Å². The summed E-state index contributed by atoms with van der Waals surface area (Å²) >= 11 is 1.43. The van der Waals surface area contributed by atoms with Gasteiger partial charge in [0, 0.05) is 0 Å². The van der Waals surface area contributed by atoms with Crippen LogP contribution in [-0.2, 0) is 17.3 Å². The van der Waals surface area contributed by atoms with Gasteiger partial charge in [-0.25, -0.2) is 0 Å². The van der Waals surface area contributed by atoms with Crippen molar-refractivity contribution in [2.45, 2.75) is 0 Å². The molecule has 0 aliphatic heterocycles. The van der Waals surface area contributed by atoms with Crippen LogP contribution in [0.2, 0.25) is 0 Å². The molecule has 0 bridgehead atoms. The van der Waals surface area contributed by atoms with Crippen LogP contribution in [0, 0.1) is 4.94 Å². The first kappa shape index (κ1) is 7.91. The zero-order valence-corrected chi connectivity index (χ0v) is 9.16. The molecule has 34 valence electrons. The summed E-state index contributed by atoms with van der Waals surface area (Å²) in [5, 5.41) is 0. The Labute approximate surface area is 63.3 Å². The molecule has 0 saturated carbocycles. The topological polar surface area (TPSA) is 0 Å². The molecular weight excluding hydrogens is 228 g/mol. The zero-order chi connectivity index (χ0) is 5.54. The Morgan fingerprint density at radius 2 is 2.29 bits per heavy atom. The van der Waals surface area contributed by atoms with Gasteiger partial charge in [-0.15, -0.1) is 0 Å². The van der Waals surface area contributed by atoms with Crippen molar-refractivity contribution in [3.05, 3.63) is 22.0 Å². The average Bonchev–Trinajstić information content (AvgIpc) is 2.23. The molecule has 1 heterocycles. The van der Waals surface area contributed by atoms with Crippen LogP contribution < -0.4 is 0 Å². The van der Waals surface area contributed by atoms with Gasteiger partial charge in [-0.3, -0.25) is 0 Å². The normalized spacial score (nSPS) is 6.71. The minimum atomic E-state index is 0.583. The van der Waals surface area contributed by atoms with Crippen LogP contribution in [0.4, 0.5) is 0 Å². The zero-order valence-electron chi connectivity index (χ0n) is 3.73. The molecule has 0 radical (unpaired) electrons. The first-order valence-corrected chi connectivity index (χ1v) is 7.41. The second-order valence-electron chi connectivity index (χ2n) is 0.731. The second kappa shape index (κ2) is 6.91. The molecule has 0 N–H and O–H groups in total. The third-order valence-electron chi connectivity index (χ3n) is 0.379. The molecule has 0 unspecified atom stereocenters. The number of hydrogen-bond acceptors (Lipinski definition) is 0. The third-order valence-corrected chi connectivity index (χ3v) is 1.57. The van der Waals surface area contributed by atoms with E-state index in [4.69, 9.17) is 9.69 Å². The first-order valence-electron chi connectivity index (χ1n) is 1.66. The van der Waals surface area contributed by atoms with Crippen molar-refractivity contribution in [2.75, 3.05) is 0 Å². The SMILES string of the molecule is [Cl][Zn+].[c-]1ccc[se]1. The van der Waals surface area contributed by atoms with E-state index < -0.39 is 0 Å². The van der Waals surface area contributed by atoms with Crippen LogP contribution in [0.3, 0.4) is 0 Å². The van der Waals surface area contributed by atoms with E-state index in [1.807, 2.05) is 12.1 Å². The van der Waals surface area contributed by atoms with Gasteiger partial charge in [0.2, 0.25) is 0 Å². The summed E-state index contributed by atoms with van der Waals surface area (Å²) in [5.74, 6) is 0. The third kappa shape index (κ3) is 4.77. The Balaban J connectivity index is 0.000000162. The maximum absolute atomic E-state index is 4.76. The van der Waals surface area contributed by atoms with Gasteiger partial charge < -0.3 is 0 Å². The van der Waals surface area contributed by atoms with Crippen molar-refractivity contribution in [3.63, 3.8) is 0 Å². The molecule has 0 nitrogen and oxygen atoms in total. The van der Waals surface area contributed by atoms with Crippen molar-refractivity contribution in [3.8, 4) is 0 Å². The van der Waals surface area contributed by atoms with Crippen LogP contribution in [0.25, 0.3) is 0 Å². The first-order chi connectivity index (χ1) is 3.50. The van der Waals surface area contributed by atoms with Crippen molar-refractivity contribution in [1.82, 2.24) is 0 Å². The standard InChI is InChI=1S/C4H3Se.ClH.Zn/c1-2-4-5-3-1;;/h1-3H;1H;/q-1;;+2/p-1. The van der Waals surface area contributed by atoms with Crippen molar-refractivity contribution < 1.29 is 17.3 Å². The molecule has 0 saturated heterocycles. The summed E-state index contributed by atoms with van der Waals surface area (Å²) in [4.78, 5) is 5.18. The molecule has 0 fully saturated rings. The Hall–Kier alpha value is 0.913. The fourth-order valence-electron chi connectivity index (χ4n) is 0.196. The summed E-state index contributed by atoms with van der Waals surface area (Å²) in [6.07, 6.45) is 0. The van der Waals surface area contributed by atoms with Crippen LogP contribution in [0.1, 0.15) is 0 Å². The summed E-state index contributed by atoms with van der Waals surface area (Å²) in [7, 11) is 4.76. The maximum atomic E-state index is 4.76. The van der Waals surface area contributed by atoms with Gasteiger partial charge in [-0.05, 0) is 0 Å². The van der Waals surface area contributed by atoms with Gasteiger partial charge in [-0.1, -0.05) is 0 Å². The summed E-state index contributed by atoms with van der Waals surface area (Å²) < 4.78 is 0. The summed E-state index contributed by atoms with van der Waals surface area (Å²) in [6, 6.07) is 3.99. The van der Waals surface area contributed by atoms with E-state index in [1.165, 1.54) is 0 Å². The molecule has 3 heteroatoms. The fourth-order valence-corrected chi connectivity index (χ4v) is 1.02. The average molecular weight is 231 g/mol. The van der Waals surface area contributed by atoms with Crippen molar-refractivity contribution in [1.29, 1.82) is 0 Å². The van der Waals surface area contributed by atoms with E-state index in [-0.39, 0.29) is 0 Å². The van der Waals surface area contributed by atoms with Gasteiger partial charge in [0.25, 0.3) is 0 Å². The Morgan fingerprint density at radius 1 is 1.57 bits per heavy atom. The minimum absolute atomic E-state index is 0.583. The van der Waals surface area contributed by atoms with E-state index in [9.17, 15) is 0 Å². The molecule has 0 aliphatic rings. The summed E-state index contributed by atoms with van der Waals surface area (Å²) in [5.41, 5.74) is 0. The molecule has 1 aromatic heterocycles. The number of rotatable bonds is 0. The van der Waals surface area contributed by atoms with Crippen LogP contribution in [-0.4, -0.2) is 14.5 Å². The molecular formula is C4H3ClSeZn. The Morgan fingerprint density at radius 3 is 2.43 bits per heavy atom. The van der Waals surface area contributed by atoms with Gasteiger partial charge in [0.1, 0.15) is 0 Å². The quantitative estimate of drug-likeness (QED) is 0.465. The van der Waals surface area contributed by atoms with Crippen molar-refractivity contribution in [2.24, 2.45) is 0 Å². The Kier molecular flexibility index (Phi) is 7.81. The second-order valence-corrected chi connectivity index (χ2v) is 2.29. The van der Waals surface area contributed by atoms with E-state index in [0.717, 1.165) is 17.3 Å². The van der Waals surface area contributed by atoms with Crippen molar-refractivity contribution >= 4 is 24.2 Å². The molecule has 1 rings (SSSR count). The molecule has 0 amide bonds. The van der Waals surface area contributed by atoms with Crippen LogP contribution >= 0.6 is 9.69 Å². The molecule has 0 atom stereocenters. The van der Waals surface area contributed by atoms with Gasteiger partial charge in [0.15, 0.2) is 0 Å². The molecule has 0 aliphatic carbocycles. The monoisotopic (exact) mass is 230 g/mol. The van der Waals surface area contributed by atoms with Gasteiger partial charge in [0.05, 0.1) is 0 Å². The van der Waals surface area contributed by atoms with E-state index in [1.54, 1.807) is 0 Å². The predicted molar refractivity (Wildman–Crippen MR) is 28.1 cm³/mol.